The number of hydrogen-bond acceptors (Lipinski definition) is 12. The van der Waals surface area contributed by atoms with Crippen molar-refractivity contribution in [2.45, 2.75) is 94.1 Å². The van der Waals surface area contributed by atoms with Gasteiger partial charge in [-0.25, -0.2) is 9.69 Å². The first-order valence-electron chi connectivity index (χ1n) is 20.8. The summed E-state index contributed by atoms with van der Waals surface area (Å²) in [6.45, 7) is 1.85. The molecule has 14 heteroatoms. The van der Waals surface area contributed by atoms with Crippen molar-refractivity contribution in [1.82, 2.24) is 4.90 Å². The van der Waals surface area contributed by atoms with Crippen LogP contribution in [0.5, 0.6) is 0 Å². The van der Waals surface area contributed by atoms with Crippen LogP contribution in [0.2, 0.25) is 0 Å². The van der Waals surface area contributed by atoms with E-state index in [0.717, 1.165) is 27.2 Å². The van der Waals surface area contributed by atoms with Gasteiger partial charge in [0, 0.05) is 20.1 Å². The van der Waals surface area contributed by atoms with Crippen molar-refractivity contribution in [3.63, 3.8) is 0 Å². The zero-order valence-electron chi connectivity index (χ0n) is 34.6. The van der Waals surface area contributed by atoms with Gasteiger partial charge in [0.2, 0.25) is 5.91 Å². The highest BCUT2D eigenvalue weighted by Crippen LogP contribution is 2.40. The average Bonchev–Trinajstić information content (AvgIpc) is 3.60. The molecular formula is C48H52BrNO12. The molecule has 0 aliphatic carbocycles. The Hall–Kier alpha value is -4.61. The van der Waals surface area contributed by atoms with Gasteiger partial charge in [0.1, 0.15) is 36.6 Å². The molecule has 0 aromatic heterocycles. The molecule has 3 aliphatic rings. The SMILES string of the molecule is CO[C@H]1O[C@H](CO)[C@@H](OCc2ccccc2)[C@H](OCc2ccccc2)[C@@H]1OCCC[C@]1(O)O[C@H]([C@@H](Cc2ccccc2)C(=O)N2C(=O)O[C@@H](c3ccccc3)[C@H]2C)C(=O)C=C1Br. The highest BCUT2D eigenvalue weighted by Gasteiger charge is 2.52. The van der Waals surface area contributed by atoms with Crippen molar-refractivity contribution in [3.05, 3.63) is 154 Å². The van der Waals surface area contributed by atoms with E-state index in [0.29, 0.717) is 0 Å². The van der Waals surface area contributed by atoms with E-state index in [-0.39, 0.29) is 50.2 Å². The van der Waals surface area contributed by atoms with Crippen LogP contribution in [-0.4, -0.2) is 102 Å². The Kier molecular flexibility index (Phi) is 15.5. The lowest BCUT2D eigenvalue weighted by atomic mass is 9.87. The molecule has 3 aliphatic heterocycles. The van der Waals surface area contributed by atoms with Crippen LogP contribution in [0, 0.1) is 5.92 Å². The van der Waals surface area contributed by atoms with Crippen LogP contribution in [0.1, 0.15) is 48.1 Å². The molecule has 4 aromatic rings. The number of amides is 2. The predicted octanol–water partition coefficient (Wildman–Crippen LogP) is 6.59. The van der Waals surface area contributed by atoms with Gasteiger partial charge < -0.3 is 43.4 Å². The lowest BCUT2D eigenvalue weighted by molar-refractivity contribution is -0.320. The van der Waals surface area contributed by atoms with Crippen LogP contribution < -0.4 is 0 Å². The number of aliphatic hydroxyl groups is 2. The maximum atomic E-state index is 14.6. The summed E-state index contributed by atoms with van der Waals surface area (Å²) < 4.78 is 43.4. The third-order valence-corrected chi connectivity index (χ3v) is 12.3. The molecule has 0 radical (unpaired) electrons. The number of halogens is 1. The van der Waals surface area contributed by atoms with Crippen molar-refractivity contribution >= 4 is 33.7 Å². The highest BCUT2D eigenvalue weighted by molar-refractivity contribution is 9.11. The third kappa shape index (κ3) is 10.6. The minimum Gasteiger partial charge on any atom is -0.439 e. The van der Waals surface area contributed by atoms with Gasteiger partial charge >= 0.3 is 6.09 Å². The average molecular weight is 915 g/mol. The molecule has 2 fully saturated rings. The number of carbonyl (C=O) groups is 3. The summed E-state index contributed by atoms with van der Waals surface area (Å²) in [5.41, 5.74) is 3.30. The van der Waals surface area contributed by atoms with E-state index < -0.39 is 78.4 Å². The first-order chi connectivity index (χ1) is 30.1. The second-order valence-corrected chi connectivity index (χ2v) is 16.5. The van der Waals surface area contributed by atoms with Gasteiger partial charge in [0.15, 0.2) is 17.9 Å². The lowest BCUT2D eigenvalue weighted by Gasteiger charge is -2.45. The number of cyclic esters (lactones) is 1. The molecule has 13 nitrogen and oxygen atoms in total. The van der Waals surface area contributed by atoms with Gasteiger partial charge in [-0.15, -0.1) is 0 Å². The van der Waals surface area contributed by atoms with E-state index in [1.54, 1.807) is 6.92 Å². The Morgan fingerprint density at radius 2 is 1.37 bits per heavy atom. The summed E-state index contributed by atoms with van der Waals surface area (Å²) in [5.74, 6) is -4.45. The van der Waals surface area contributed by atoms with Gasteiger partial charge in [0.25, 0.3) is 0 Å². The molecule has 2 N–H and O–H groups in total. The van der Waals surface area contributed by atoms with E-state index in [2.05, 4.69) is 15.9 Å². The molecule has 328 valence electrons. The Bertz CT molecular complexity index is 2110. The molecule has 10 atom stereocenters. The number of ketones is 1. The van der Waals surface area contributed by atoms with Crippen molar-refractivity contribution in [2.75, 3.05) is 20.3 Å². The van der Waals surface area contributed by atoms with Crippen LogP contribution in [0.3, 0.4) is 0 Å². The Labute approximate surface area is 369 Å². The van der Waals surface area contributed by atoms with Gasteiger partial charge in [0.05, 0.1) is 36.3 Å². The molecule has 2 saturated heterocycles. The van der Waals surface area contributed by atoms with Crippen molar-refractivity contribution in [2.24, 2.45) is 5.92 Å². The molecule has 0 unspecified atom stereocenters. The number of nitrogens with zero attached hydrogens (tertiary/aromatic N) is 1. The topological polar surface area (TPSA) is 160 Å². The van der Waals surface area contributed by atoms with Gasteiger partial charge in [-0.05, 0) is 64.0 Å². The fourth-order valence-electron chi connectivity index (χ4n) is 8.17. The fraction of sp³-hybridized carbons (Fsp3) is 0.396. The van der Waals surface area contributed by atoms with E-state index >= 15 is 0 Å². The van der Waals surface area contributed by atoms with E-state index in [1.807, 2.05) is 121 Å². The van der Waals surface area contributed by atoms with Crippen LogP contribution in [0.15, 0.2) is 132 Å². The third-order valence-electron chi connectivity index (χ3n) is 11.4. The van der Waals surface area contributed by atoms with Crippen LogP contribution in [0.4, 0.5) is 4.79 Å². The summed E-state index contributed by atoms with van der Waals surface area (Å²) in [5, 5.41) is 22.5. The molecule has 3 heterocycles. The van der Waals surface area contributed by atoms with Crippen molar-refractivity contribution in [1.29, 1.82) is 0 Å². The number of benzene rings is 4. The molecule has 4 aromatic carbocycles. The summed E-state index contributed by atoms with van der Waals surface area (Å²) in [6, 6.07) is 36.8. The minimum absolute atomic E-state index is 0.0417. The number of ether oxygens (including phenoxy) is 7. The number of rotatable bonds is 18. The first-order valence-corrected chi connectivity index (χ1v) is 21.6. The molecule has 0 spiro atoms. The summed E-state index contributed by atoms with van der Waals surface area (Å²) in [6.07, 6.45) is -5.68. The summed E-state index contributed by atoms with van der Waals surface area (Å²) in [7, 11) is 1.48. The second-order valence-electron chi connectivity index (χ2n) is 15.6. The van der Waals surface area contributed by atoms with Crippen LogP contribution >= 0.6 is 15.9 Å². The number of hydrogen-bond donors (Lipinski definition) is 2. The monoisotopic (exact) mass is 913 g/mol. The maximum Gasteiger partial charge on any atom is 0.417 e. The molecule has 2 amide bonds. The Balaban J connectivity index is 1.08. The van der Waals surface area contributed by atoms with Gasteiger partial charge in [-0.3, -0.25) is 9.59 Å². The molecular weight excluding hydrogens is 862 g/mol. The standard InChI is InChI=1S/C48H52BrNO12/c1-31-40(35-22-13-6-14-23-35)61-47(54)50(31)45(53)36(26-32-16-7-3-8-17-32)41-37(52)27-39(49)48(55,62-41)24-15-25-57-44-43(59-30-34-20-11-5-12-21-34)42(38(28-51)60-46(44)56-2)58-29-33-18-9-4-10-19-33/h3-14,16-23,27,31,36,38,40-44,46,51,55H,15,24-26,28-30H2,1-2H3/t31-,36-,38-,40-,41-,42-,43+,44+,46+,48+/m1/s1. The Morgan fingerprint density at radius 1 is 0.806 bits per heavy atom. The molecule has 0 bridgehead atoms. The number of carbonyl (C=O) groups excluding carboxylic acids is 3. The molecule has 0 saturated carbocycles. The fourth-order valence-corrected chi connectivity index (χ4v) is 8.68. The summed E-state index contributed by atoms with van der Waals surface area (Å²) in [4.78, 5) is 42.8. The van der Waals surface area contributed by atoms with E-state index in [4.69, 9.17) is 33.2 Å². The van der Waals surface area contributed by atoms with Crippen LogP contribution in [-0.2, 0) is 62.4 Å². The highest BCUT2D eigenvalue weighted by atomic mass is 79.9. The maximum absolute atomic E-state index is 14.6. The quantitative estimate of drug-likeness (QED) is 0.103. The normalized spacial score (nSPS) is 28.0. The van der Waals surface area contributed by atoms with Gasteiger partial charge in [-0.2, -0.15) is 0 Å². The number of imide groups is 1. The molecule has 7 rings (SSSR count). The number of aliphatic hydroxyl groups excluding tert-OH is 1. The van der Waals surface area contributed by atoms with E-state index in [1.165, 1.54) is 13.2 Å². The lowest BCUT2D eigenvalue weighted by Crippen LogP contribution is -2.61. The summed E-state index contributed by atoms with van der Waals surface area (Å²) >= 11 is 3.37. The zero-order chi connectivity index (χ0) is 43.6. The van der Waals surface area contributed by atoms with Crippen molar-refractivity contribution in [3.8, 4) is 0 Å². The van der Waals surface area contributed by atoms with Gasteiger partial charge in [-0.1, -0.05) is 121 Å². The smallest absolute Gasteiger partial charge is 0.417 e. The second kappa shape index (κ2) is 21.2. The Morgan fingerprint density at radius 3 is 1.95 bits per heavy atom. The van der Waals surface area contributed by atoms with Crippen molar-refractivity contribution < 1.29 is 57.8 Å². The zero-order valence-corrected chi connectivity index (χ0v) is 36.2. The largest absolute Gasteiger partial charge is 0.439 e. The number of methoxy groups -OCH3 is 1. The van der Waals surface area contributed by atoms with E-state index in [9.17, 15) is 24.6 Å². The minimum atomic E-state index is -2.04. The predicted molar refractivity (Wildman–Crippen MR) is 229 cm³/mol. The molecule has 62 heavy (non-hydrogen) atoms. The first kappa shape index (κ1) is 45.4. The van der Waals surface area contributed by atoms with Crippen LogP contribution in [0.25, 0.3) is 0 Å².